The molecule has 0 bridgehead atoms. The Kier molecular flexibility index (Phi) is 3.65. The lowest BCUT2D eigenvalue weighted by atomic mass is 9.96. The number of carbonyl (C=O) groups is 1. The first-order valence-corrected chi connectivity index (χ1v) is 7.41. The van der Waals surface area contributed by atoms with Gasteiger partial charge in [-0.15, -0.1) is 0 Å². The molecule has 3 heteroatoms. The summed E-state index contributed by atoms with van der Waals surface area (Å²) < 4.78 is 0. The fraction of sp³-hybridized carbons (Fsp3) is 0.278. The summed E-state index contributed by atoms with van der Waals surface area (Å²) in [4.78, 5) is 14.8. The molecule has 3 rings (SSSR count). The van der Waals surface area contributed by atoms with Gasteiger partial charge in [-0.1, -0.05) is 36.4 Å². The molecule has 21 heavy (non-hydrogen) atoms. The fourth-order valence-corrected chi connectivity index (χ4v) is 2.94. The van der Waals surface area contributed by atoms with E-state index in [1.165, 1.54) is 5.56 Å². The van der Waals surface area contributed by atoms with Gasteiger partial charge in [0.1, 0.15) is 0 Å². The van der Waals surface area contributed by atoms with Crippen molar-refractivity contribution in [2.45, 2.75) is 25.7 Å². The highest BCUT2D eigenvalue weighted by atomic mass is 16.2. The van der Waals surface area contributed by atoms with E-state index in [9.17, 15) is 4.79 Å². The van der Waals surface area contributed by atoms with E-state index in [2.05, 4.69) is 0 Å². The second kappa shape index (κ2) is 5.60. The highest BCUT2D eigenvalue weighted by molar-refractivity contribution is 5.99. The van der Waals surface area contributed by atoms with Gasteiger partial charge in [-0.05, 0) is 43.0 Å². The zero-order valence-electron chi connectivity index (χ0n) is 12.3. The molecule has 1 aliphatic heterocycles. The molecule has 0 fully saturated rings. The molecule has 2 aromatic carbocycles. The Balaban J connectivity index is 1.91. The summed E-state index contributed by atoms with van der Waals surface area (Å²) in [5.41, 5.74) is 9.85. The lowest BCUT2D eigenvalue weighted by molar-refractivity contribution is -0.119. The topological polar surface area (TPSA) is 46.3 Å². The number of rotatable bonds is 2. The summed E-state index contributed by atoms with van der Waals surface area (Å²) in [5.74, 6) is 0.00586. The van der Waals surface area contributed by atoms with Crippen LogP contribution >= 0.6 is 0 Å². The lowest BCUT2D eigenvalue weighted by Gasteiger charge is -2.32. The van der Waals surface area contributed by atoms with Crippen molar-refractivity contribution in [3.8, 4) is 0 Å². The molecule has 2 aromatic rings. The van der Waals surface area contributed by atoms with Crippen LogP contribution < -0.4 is 10.6 Å². The van der Waals surface area contributed by atoms with Crippen molar-refractivity contribution in [1.82, 2.24) is 0 Å². The molecule has 1 atom stereocenters. The maximum atomic E-state index is 12.9. The number of nitrogens with two attached hydrogens (primary N) is 1. The summed E-state index contributed by atoms with van der Waals surface area (Å²) >= 11 is 0. The van der Waals surface area contributed by atoms with Gasteiger partial charge in [-0.25, -0.2) is 0 Å². The van der Waals surface area contributed by atoms with Gasteiger partial charge in [-0.3, -0.25) is 4.79 Å². The van der Waals surface area contributed by atoms with Crippen LogP contribution in [-0.2, 0) is 11.2 Å². The average Bonchev–Trinajstić information content (AvgIpc) is 2.53. The van der Waals surface area contributed by atoms with Gasteiger partial charge < -0.3 is 10.6 Å². The largest absolute Gasteiger partial charge is 0.399 e. The first-order valence-electron chi connectivity index (χ1n) is 7.41. The zero-order valence-corrected chi connectivity index (χ0v) is 12.3. The van der Waals surface area contributed by atoms with E-state index in [1.54, 1.807) is 0 Å². The molecule has 1 heterocycles. The summed E-state index contributed by atoms with van der Waals surface area (Å²) in [6.07, 6.45) is 2.02. The average molecular weight is 280 g/mol. The number of fused-ring (bicyclic) bond motifs is 1. The van der Waals surface area contributed by atoms with E-state index < -0.39 is 0 Å². The minimum Gasteiger partial charge on any atom is -0.399 e. The summed E-state index contributed by atoms with van der Waals surface area (Å²) in [5, 5.41) is 0. The molecule has 0 saturated heterocycles. The van der Waals surface area contributed by atoms with Gasteiger partial charge in [0.2, 0.25) is 5.91 Å². The number of amides is 1. The van der Waals surface area contributed by atoms with Crippen molar-refractivity contribution in [2.75, 3.05) is 17.2 Å². The molecule has 0 spiro atoms. The molecular formula is C18H20N2O. The van der Waals surface area contributed by atoms with Gasteiger partial charge >= 0.3 is 0 Å². The van der Waals surface area contributed by atoms with Gasteiger partial charge in [-0.2, -0.15) is 0 Å². The molecule has 0 saturated carbocycles. The van der Waals surface area contributed by atoms with Gasteiger partial charge in [0.25, 0.3) is 0 Å². The SMILES string of the molecule is CC(C(=O)N1CCCc2ccc(N)cc21)c1ccccc1. The third-order valence-corrected chi connectivity index (χ3v) is 4.16. The molecular weight excluding hydrogens is 260 g/mol. The Hall–Kier alpha value is -2.29. The number of benzene rings is 2. The van der Waals surface area contributed by atoms with Crippen molar-refractivity contribution >= 4 is 17.3 Å². The number of aryl methyl sites for hydroxylation is 1. The van der Waals surface area contributed by atoms with Crippen LogP contribution in [0.1, 0.15) is 30.4 Å². The first kappa shape index (κ1) is 13.7. The molecule has 1 amide bonds. The Morgan fingerprint density at radius 3 is 2.71 bits per heavy atom. The smallest absolute Gasteiger partial charge is 0.234 e. The number of nitrogen functional groups attached to an aromatic ring is 1. The third-order valence-electron chi connectivity index (χ3n) is 4.16. The molecule has 108 valence electrons. The molecule has 0 aromatic heterocycles. The van der Waals surface area contributed by atoms with E-state index >= 15 is 0 Å². The van der Waals surface area contributed by atoms with Crippen LogP contribution in [0.2, 0.25) is 0 Å². The number of hydrogen-bond acceptors (Lipinski definition) is 2. The molecule has 2 N–H and O–H groups in total. The number of nitrogens with zero attached hydrogens (tertiary/aromatic N) is 1. The third kappa shape index (κ3) is 2.64. The number of hydrogen-bond donors (Lipinski definition) is 1. The normalized spacial score (nSPS) is 15.4. The van der Waals surface area contributed by atoms with Crippen molar-refractivity contribution < 1.29 is 4.79 Å². The number of carbonyl (C=O) groups excluding carboxylic acids is 1. The van der Waals surface area contributed by atoms with Crippen LogP contribution in [0.3, 0.4) is 0 Å². The standard InChI is InChI=1S/C18H20N2O/c1-13(14-6-3-2-4-7-14)18(21)20-11-5-8-15-9-10-16(19)12-17(15)20/h2-4,6-7,9-10,12-13H,5,8,11,19H2,1H3. The highest BCUT2D eigenvalue weighted by Gasteiger charge is 2.27. The van der Waals surface area contributed by atoms with Gasteiger partial charge in [0.15, 0.2) is 0 Å². The van der Waals surface area contributed by atoms with E-state index in [1.807, 2.05) is 60.4 Å². The van der Waals surface area contributed by atoms with E-state index in [0.29, 0.717) is 5.69 Å². The predicted octanol–water partition coefficient (Wildman–Crippen LogP) is 3.35. The van der Waals surface area contributed by atoms with Gasteiger partial charge in [0, 0.05) is 17.9 Å². The monoisotopic (exact) mass is 280 g/mol. The van der Waals surface area contributed by atoms with Crippen LogP contribution in [0.25, 0.3) is 0 Å². The molecule has 0 aliphatic carbocycles. The predicted molar refractivity (Wildman–Crippen MR) is 86.4 cm³/mol. The highest BCUT2D eigenvalue weighted by Crippen LogP contribution is 2.31. The van der Waals surface area contributed by atoms with Crippen LogP contribution in [0.4, 0.5) is 11.4 Å². The molecule has 1 unspecified atom stereocenters. The van der Waals surface area contributed by atoms with Crippen molar-refractivity contribution in [2.24, 2.45) is 0 Å². The van der Waals surface area contributed by atoms with Crippen LogP contribution in [-0.4, -0.2) is 12.5 Å². The van der Waals surface area contributed by atoms with Crippen LogP contribution in [0.15, 0.2) is 48.5 Å². The lowest BCUT2D eigenvalue weighted by Crippen LogP contribution is -2.38. The fourth-order valence-electron chi connectivity index (χ4n) is 2.94. The van der Waals surface area contributed by atoms with Crippen molar-refractivity contribution in [1.29, 1.82) is 0 Å². The zero-order chi connectivity index (χ0) is 14.8. The van der Waals surface area contributed by atoms with Crippen LogP contribution in [0.5, 0.6) is 0 Å². The van der Waals surface area contributed by atoms with Gasteiger partial charge in [0.05, 0.1) is 5.92 Å². The van der Waals surface area contributed by atoms with E-state index in [4.69, 9.17) is 5.73 Å². The maximum Gasteiger partial charge on any atom is 0.234 e. The Morgan fingerprint density at radius 2 is 1.95 bits per heavy atom. The minimum atomic E-state index is -0.140. The summed E-state index contributed by atoms with van der Waals surface area (Å²) in [6, 6.07) is 15.8. The molecule has 0 radical (unpaired) electrons. The van der Waals surface area contributed by atoms with Crippen molar-refractivity contribution in [3.63, 3.8) is 0 Å². The van der Waals surface area contributed by atoms with E-state index in [0.717, 1.165) is 30.6 Å². The van der Waals surface area contributed by atoms with E-state index in [-0.39, 0.29) is 11.8 Å². The minimum absolute atomic E-state index is 0.140. The molecule has 3 nitrogen and oxygen atoms in total. The Bertz CT molecular complexity index is 652. The van der Waals surface area contributed by atoms with Crippen LogP contribution in [0, 0.1) is 0 Å². The van der Waals surface area contributed by atoms with Crippen molar-refractivity contribution in [3.05, 3.63) is 59.7 Å². The summed E-state index contributed by atoms with van der Waals surface area (Å²) in [7, 11) is 0. The summed E-state index contributed by atoms with van der Waals surface area (Å²) in [6.45, 7) is 2.74. The quantitative estimate of drug-likeness (QED) is 0.857. The molecule has 1 aliphatic rings. The maximum absolute atomic E-state index is 12.9. The number of anilines is 2. The Morgan fingerprint density at radius 1 is 1.19 bits per heavy atom. The second-order valence-electron chi connectivity index (χ2n) is 5.61. The Labute approximate surface area is 125 Å². The second-order valence-corrected chi connectivity index (χ2v) is 5.61. The first-order chi connectivity index (χ1) is 10.2.